The minimum Gasteiger partial charge on any atom is -0.508 e. The van der Waals surface area contributed by atoms with Crippen LogP contribution in [0.25, 0.3) is 0 Å². The van der Waals surface area contributed by atoms with Crippen molar-refractivity contribution in [3.63, 3.8) is 0 Å². The van der Waals surface area contributed by atoms with Crippen LogP contribution in [0, 0.1) is 17.8 Å². The van der Waals surface area contributed by atoms with E-state index in [0.717, 1.165) is 5.57 Å². The van der Waals surface area contributed by atoms with E-state index in [1.807, 2.05) is 0 Å². The van der Waals surface area contributed by atoms with Crippen molar-refractivity contribution in [3.05, 3.63) is 66.3 Å². The number of fused-ring (bicyclic) bond motifs is 3. The third kappa shape index (κ3) is 5.03. The van der Waals surface area contributed by atoms with Crippen LogP contribution in [0.3, 0.4) is 0 Å². The van der Waals surface area contributed by atoms with Crippen molar-refractivity contribution >= 4 is 11.8 Å². The van der Waals surface area contributed by atoms with Gasteiger partial charge in [0.05, 0.1) is 24.7 Å². The zero-order chi connectivity index (χ0) is 28.9. The molecule has 2 saturated carbocycles. The molecule has 0 aromatic heterocycles. The average molecular weight is 559 g/mol. The third-order valence-electron chi connectivity index (χ3n) is 8.51. The first-order valence-electron chi connectivity index (χ1n) is 13.2. The molecule has 216 valence electrons. The number of hydrogen-bond acceptors (Lipinski definition) is 11. The van der Waals surface area contributed by atoms with E-state index in [2.05, 4.69) is 19.7 Å². The first-order valence-corrected chi connectivity index (χ1v) is 13.2. The Kier molecular flexibility index (Phi) is 7.99. The van der Waals surface area contributed by atoms with Gasteiger partial charge in [0, 0.05) is 17.1 Å². The van der Waals surface area contributed by atoms with Gasteiger partial charge in [-0.1, -0.05) is 25.3 Å². The summed E-state index contributed by atoms with van der Waals surface area (Å²) in [4.78, 5) is 25.4. The summed E-state index contributed by atoms with van der Waals surface area (Å²) in [5, 5.41) is 49.7. The van der Waals surface area contributed by atoms with Crippen LogP contribution >= 0.6 is 0 Å². The smallest absolute Gasteiger partial charge is 0.334 e. The van der Waals surface area contributed by atoms with Gasteiger partial charge in [0.25, 0.3) is 0 Å². The summed E-state index contributed by atoms with van der Waals surface area (Å²) >= 11 is 0. The number of aliphatic hydroxyl groups is 4. The zero-order valence-corrected chi connectivity index (χ0v) is 21.8. The second kappa shape index (κ2) is 11.2. The molecule has 0 bridgehead atoms. The minimum atomic E-state index is -1.59. The number of ether oxygens (including phenoxy) is 4. The van der Waals surface area contributed by atoms with Gasteiger partial charge < -0.3 is 44.5 Å². The Hall–Kier alpha value is -2.90. The van der Waals surface area contributed by atoms with Crippen LogP contribution < -0.4 is 0 Å². The van der Waals surface area contributed by atoms with E-state index < -0.39 is 73.4 Å². The predicted octanol–water partition coefficient (Wildman–Crippen LogP) is 0.395. The van der Waals surface area contributed by atoms with Gasteiger partial charge >= 0.3 is 5.97 Å². The molecule has 4 aliphatic rings. The standard InChI is InChI=1S/C29H34O11/c1-12-8-20(37-11-18(32)15-4-6-16(31)7-5-15)23-14(3)28(36)40-27(23)22-13(2)19(9-17(12)22)38-29-26(35)25(34)24(33)21(10-30)39-29/h4-7,17,19-27,29-31,33-35H,1-3,8-11H2/t17-,19-,20+,21+,22-,23+,24+,25-,26+,27+,29+/m0/s1. The van der Waals surface area contributed by atoms with Crippen molar-refractivity contribution < 1.29 is 54.1 Å². The molecular formula is C29H34O11. The summed E-state index contributed by atoms with van der Waals surface area (Å²) in [6.07, 6.45) is -8.43. The number of carbonyl (C=O) groups is 2. The van der Waals surface area contributed by atoms with E-state index in [9.17, 15) is 35.1 Å². The summed E-state index contributed by atoms with van der Waals surface area (Å²) < 4.78 is 23.4. The molecule has 0 spiro atoms. The lowest BCUT2D eigenvalue weighted by atomic mass is 9.81. The number of Topliss-reactive ketones (excluding diaryl/α,β-unsaturated/α-hetero) is 1. The summed E-state index contributed by atoms with van der Waals surface area (Å²) in [7, 11) is 0. The van der Waals surface area contributed by atoms with Gasteiger partial charge in [-0.2, -0.15) is 0 Å². The highest BCUT2D eigenvalue weighted by Gasteiger charge is 2.57. The molecule has 0 radical (unpaired) electrons. The molecule has 11 atom stereocenters. The Bertz CT molecular complexity index is 1190. The van der Waals surface area contributed by atoms with Crippen LogP contribution in [0.2, 0.25) is 0 Å². The molecule has 11 heteroatoms. The van der Waals surface area contributed by atoms with Crippen molar-refractivity contribution in [2.45, 2.75) is 61.9 Å². The van der Waals surface area contributed by atoms with Crippen LogP contribution in [0.5, 0.6) is 5.75 Å². The lowest BCUT2D eigenvalue weighted by Gasteiger charge is -2.40. The molecule has 0 unspecified atom stereocenters. The largest absolute Gasteiger partial charge is 0.508 e. The number of esters is 1. The van der Waals surface area contributed by atoms with Crippen molar-refractivity contribution in [2.75, 3.05) is 13.2 Å². The van der Waals surface area contributed by atoms with Gasteiger partial charge in [0.1, 0.15) is 42.9 Å². The highest BCUT2D eigenvalue weighted by molar-refractivity contribution is 5.97. The van der Waals surface area contributed by atoms with Crippen molar-refractivity contribution in [1.82, 2.24) is 0 Å². The van der Waals surface area contributed by atoms with E-state index in [4.69, 9.17) is 18.9 Å². The number of carbonyl (C=O) groups excluding carboxylic acids is 2. The Balaban J connectivity index is 1.33. The molecule has 1 aromatic rings. The minimum absolute atomic E-state index is 0.0406. The topological polar surface area (TPSA) is 172 Å². The normalized spacial score (nSPS) is 39.5. The Morgan fingerprint density at radius 1 is 1.02 bits per heavy atom. The Labute approximate surface area is 230 Å². The summed E-state index contributed by atoms with van der Waals surface area (Å²) in [6.45, 7) is 11.6. The van der Waals surface area contributed by atoms with Crippen LogP contribution in [0.4, 0.5) is 0 Å². The van der Waals surface area contributed by atoms with Crippen LogP contribution in [-0.2, 0) is 23.7 Å². The molecule has 0 amide bonds. The number of phenols is 1. The number of phenolic OH excluding ortho intramolecular Hbond substituents is 1. The van der Waals surface area contributed by atoms with Gasteiger partial charge in [-0.15, -0.1) is 0 Å². The quantitative estimate of drug-likeness (QED) is 0.136. The van der Waals surface area contributed by atoms with Gasteiger partial charge in [-0.25, -0.2) is 4.79 Å². The monoisotopic (exact) mass is 558 g/mol. The van der Waals surface area contributed by atoms with Gasteiger partial charge in [-0.3, -0.25) is 4.79 Å². The second-order valence-corrected chi connectivity index (χ2v) is 10.9. The fraction of sp³-hybridized carbons (Fsp3) is 0.517. The van der Waals surface area contributed by atoms with E-state index in [1.165, 1.54) is 24.3 Å². The van der Waals surface area contributed by atoms with Crippen LogP contribution in [-0.4, -0.2) is 99.5 Å². The number of aromatic hydroxyl groups is 1. The number of rotatable bonds is 7. The molecule has 11 nitrogen and oxygen atoms in total. The lowest BCUT2D eigenvalue weighted by Crippen LogP contribution is -2.59. The SMILES string of the molecule is C=C1C(=O)O[C@@H]2[C@H]3C(=C)[C@@H](O[C@@H]4O[C@H](CO)[C@@H](O)[C@H](O)[C@H]4O)C[C@H]3C(=C)C[C@@H](OCC(=O)c3ccc(O)cc3)[C@@H]12. The van der Waals surface area contributed by atoms with E-state index in [-0.39, 0.29) is 29.6 Å². The summed E-state index contributed by atoms with van der Waals surface area (Å²) in [5.74, 6) is -2.05. The second-order valence-electron chi connectivity index (χ2n) is 10.9. The maximum Gasteiger partial charge on any atom is 0.334 e. The molecule has 4 fully saturated rings. The molecular weight excluding hydrogens is 524 g/mol. The van der Waals surface area contributed by atoms with Crippen molar-refractivity contribution in [3.8, 4) is 5.75 Å². The molecule has 5 rings (SSSR count). The van der Waals surface area contributed by atoms with Gasteiger partial charge in [0.15, 0.2) is 12.1 Å². The first kappa shape index (κ1) is 28.6. The predicted molar refractivity (Wildman–Crippen MR) is 138 cm³/mol. The van der Waals surface area contributed by atoms with Crippen molar-refractivity contribution in [1.29, 1.82) is 0 Å². The van der Waals surface area contributed by atoms with Gasteiger partial charge in [0.2, 0.25) is 0 Å². The highest BCUT2D eigenvalue weighted by Crippen LogP contribution is 2.53. The molecule has 40 heavy (non-hydrogen) atoms. The Morgan fingerprint density at radius 2 is 1.73 bits per heavy atom. The summed E-state index contributed by atoms with van der Waals surface area (Å²) in [5.41, 5.74) is 1.96. The fourth-order valence-corrected chi connectivity index (χ4v) is 6.30. The first-order chi connectivity index (χ1) is 19.0. The molecule has 2 aliphatic carbocycles. The van der Waals surface area contributed by atoms with Crippen molar-refractivity contribution in [2.24, 2.45) is 17.8 Å². The maximum absolute atomic E-state index is 12.7. The van der Waals surface area contributed by atoms with E-state index >= 15 is 0 Å². The third-order valence-corrected chi connectivity index (χ3v) is 8.51. The fourth-order valence-electron chi connectivity index (χ4n) is 6.30. The van der Waals surface area contributed by atoms with Crippen LogP contribution in [0.1, 0.15) is 23.2 Å². The van der Waals surface area contributed by atoms with Crippen LogP contribution in [0.15, 0.2) is 60.7 Å². The van der Waals surface area contributed by atoms with Gasteiger partial charge in [-0.05, 0) is 48.6 Å². The maximum atomic E-state index is 12.7. The number of hydrogen-bond donors (Lipinski definition) is 5. The number of ketones is 1. The summed E-state index contributed by atoms with van der Waals surface area (Å²) in [6, 6.07) is 5.83. The molecule has 2 aliphatic heterocycles. The Morgan fingerprint density at radius 3 is 2.40 bits per heavy atom. The molecule has 1 aromatic carbocycles. The van der Waals surface area contributed by atoms with E-state index in [1.54, 1.807) is 0 Å². The van der Waals surface area contributed by atoms with E-state index in [0.29, 0.717) is 24.0 Å². The molecule has 5 N–H and O–H groups in total. The number of aliphatic hydroxyl groups excluding tert-OH is 4. The number of benzene rings is 1. The zero-order valence-electron chi connectivity index (χ0n) is 21.8. The lowest BCUT2D eigenvalue weighted by molar-refractivity contribution is -0.308. The highest BCUT2D eigenvalue weighted by atomic mass is 16.7. The molecule has 2 saturated heterocycles. The molecule has 2 heterocycles. The average Bonchev–Trinajstić information content (AvgIpc) is 3.37.